The predicted octanol–water partition coefficient (Wildman–Crippen LogP) is 1.16. The summed E-state index contributed by atoms with van der Waals surface area (Å²) in [6.07, 6.45) is 7.17. The molecule has 1 aliphatic heterocycles. The molecule has 122 valence electrons. The molecule has 7 heteroatoms. The molecule has 0 aromatic carbocycles. The van der Waals surface area contributed by atoms with Gasteiger partial charge in [0.2, 0.25) is 5.91 Å². The van der Waals surface area contributed by atoms with Crippen molar-refractivity contribution < 1.29 is 4.79 Å². The van der Waals surface area contributed by atoms with Crippen molar-refractivity contribution in [2.24, 2.45) is 13.0 Å². The molecule has 0 atom stereocenters. The molecule has 1 aliphatic carbocycles. The van der Waals surface area contributed by atoms with Gasteiger partial charge in [-0.15, -0.1) is 0 Å². The van der Waals surface area contributed by atoms with Gasteiger partial charge in [0.1, 0.15) is 11.2 Å². The number of aromatic amines is 1. The van der Waals surface area contributed by atoms with E-state index in [0.29, 0.717) is 29.9 Å². The molecule has 0 unspecified atom stereocenters. The van der Waals surface area contributed by atoms with E-state index in [1.54, 1.807) is 11.7 Å². The largest absolute Gasteiger partial charge is 0.341 e. The molecule has 1 amide bonds. The van der Waals surface area contributed by atoms with Crippen LogP contribution in [0.5, 0.6) is 0 Å². The molecule has 7 nitrogen and oxygen atoms in total. The number of hydrogen-bond donors (Lipinski definition) is 1. The van der Waals surface area contributed by atoms with Crippen molar-refractivity contribution in [1.29, 1.82) is 0 Å². The maximum atomic E-state index is 12.5. The van der Waals surface area contributed by atoms with Gasteiger partial charge in [-0.2, -0.15) is 5.10 Å². The van der Waals surface area contributed by atoms with Crippen molar-refractivity contribution in [3.8, 4) is 0 Å². The molecular weight excluding hydrogens is 294 g/mol. The molecular formula is C16H21N5O2. The van der Waals surface area contributed by atoms with E-state index in [1.165, 1.54) is 25.5 Å². The number of amides is 1. The third-order valence-electron chi connectivity index (χ3n) is 5.15. The lowest BCUT2D eigenvalue weighted by Crippen LogP contribution is -2.51. The average Bonchev–Trinajstić information content (AvgIpc) is 2.89. The Labute approximate surface area is 133 Å². The zero-order chi connectivity index (χ0) is 16.0. The van der Waals surface area contributed by atoms with Crippen LogP contribution in [0.15, 0.2) is 11.0 Å². The van der Waals surface area contributed by atoms with E-state index < -0.39 is 0 Å². The predicted molar refractivity (Wildman–Crippen MR) is 85.0 cm³/mol. The number of hydrogen-bond acceptors (Lipinski definition) is 4. The van der Waals surface area contributed by atoms with Gasteiger partial charge in [0.05, 0.1) is 12.1 Å². The quantitative estimate of drug-likeness (QED) is 0.901. The van der Waals surface area contributed by atoms with E-state index in [4.69, 9.17) is 0 Å². The highest BCUT2D eigenvalue weighted by molar-refractivity contribution is 5.80. The maximum Gasteiger partial charge on any atom is 0.262 e. The van der Waals surface area contributed by atoms with Crippen molar-refractivity contribution in [1.82, 2.24) is 24.6 Å². The molecule has 4 rings (SSSR count). The molecule has 1 N–H and O–H groups in total. The Morgan fingerprint density at radius 1 is 1.26 bits per heavy atom. The minimum Gasteiger partial charge on any atom is -0.341 e. The monoisotopic (exact) mass is 315 g/mol. The number of rotatable bonds is 2. The number of aryl methyl sites for hydroxylation is 1. The normalized spacial score (nSPS) is 20.0. The highest BCUT2D eigenvalue weighted by atomic mass is 16.2. The van der Waals surface area contributed by atoms with Crippen LogP contribution in [-0.2, 0) is 11.8 Å². The molecule has 2 aromatic heterocycles. The van der Waals surface area contributed by atoms with Gasteiger partial charge in [-0.25, -0.2) is 4.98 Å². The standard InChI is InChI=1S/C16H21N5O2/c1-20-14-12(7-17-20)15(22)19-13(18-14)11-8-21(9-11)16(23)10-5-3-2-4-6-10/h7,10-11H,2-6,8-9H2,1H3,(H,18,19,22). The number of nitrogens with one attached hydrogen (secondary N) is 1. The molecule has 2 aromatic rings. The Hall–Kier alpha value is -2.18. The van der Waals surface area contributed by atoms with Crippen LogP contribution >= 0.6 is 0 Å². The van der Waals surface area contributed by atoms with Crippen LogP contribution in [0.4, 0.5) is 0 Å². The first-order valence-corrected chi connectivity index (χ1v) is 8.34. The van der Waals surface area contributed by atoms with Crippen molar-refractivity contribution >= 4 is 16.9 Å². The van der Waals surface area contributed by atoms with Gasteiger partial charge in [-0.1, -0.05) is 19.3 Å². The van der Waals surface area contributed by atoms with E-state index in [-0.39, 0.29) is 23.3 Å². The summed E-state index contributed by atoms with van der Waals surface area (Å²) >= 11 is 0. The van der Waals surface area contributed by atoms with Gasteiger partial charge in [-0.05, 0) is 12.8 Å². The Morgan fingerprint density at radius 3 is 2.74 bits per heavy atom. The highest BCUT2D eigenvalue weighted by Crippen LogP contribution is 2.31. The van der Waals surface area contributed by atoms with E-state index in [2.05, 4.69) is 15.1 Å². The summed E-state index contributed by atoms with van der Waals surface area (Å²) < 4.78 is 1.61. The van der Waals surface area contributed by atoms with Crippen LogP contribution in [0.3, 0.4) is 0 Å². The molecule has 23 heavy (non-hydrogen) atoms. The first-order valence-electron chi connectivity index (χ1n) is 8.34. The zero-order valence-corrected chi connectivity index (χ0v) is 13.3. The van der Waals surface area contributed by atoms with Gasteiger partial charge < -0.3 is 9.88 Å². The Kier molecular flexibility index (Phi) is 3.43. The number of carbonyl (C=O) groups is 1. The van der Waals surface area contributed by atoms with Gasteiger partial charge in [-0.3, -0.25) is 14.3 Å². The first kappa shape index (κ1) is 14.4. The SMILES string of the molecule is Cn1ncc2c(=O)[nH]c(C3CN(C(=O)C4CCCCC4)C3)nc21. The molecule has 1 saturated carbocycles. The van der Waals surface area contributed by atoms with Gasteiger partial charge in [0.15, 0.2) is 5.65 Å². The fraction of sp³-hybridized carbons (Fsp3) is 0.625. The Bertz CT molecular complexity index is 796. The minimum atomic E-state index is -0.157. The second-order valence-electron chi connectivity index (χ2n) is 6.73. The summed E-state index contributed by atoms with van der Waals surface area (Å²) in [5.74, 6) is 1.27. The number of likely N-dealkylation sites (tertiary alicyclic amines) is 1. The summed E-state index contributed by atoms with van der Waals surface area (Å²) in [5.41, 5.74) is 0.441. The lowest BCUT2D eigenvalue weighted by Gasteiger charge is -2.41. The molecule has 0 radical (unpaired) electrons. The van der Waals surface area contributed by atoms with Crippen LogP contribution in [-0.4, -0.2) is 43.6 Å². The topological polar surface area (TPSA) is 83.9 Å². The van der Waals surface area contributed by atoms with Gasteiger partial charge in [0.25, 0.3) is 5.56 Å². The number of aromatic nitrogens is 4. The van der Waals surface area contributed by atoms with Crippen molar-refractivity contribution in [3.05, 3.63) is 22.4 Å². The van der Waals surface area contributed by atoms with Crippen molar-refractivity contribution in [2.75, 3.05) is 13.1 Å². The fourth-order valence-corrected chi connectivity index (χ4v) is 3.68. The fourth-order valence-electron chi connectivity index (χ4n) is 3.68. The van der Waals surface area contributed by atoms with Crippen LogP contribution < -0.4 is 5.56 Å². The molecule has 2 fully saturated rings. The Morgan fingerprint density at radius 2 is 2.00 bits per heavy atom. The molecule has 1 saturated heterocycles. The summed E-state index contributed by atoms with van der Waals surface area (Å²) in [4.78, 5) is 33.8. The maximum absolute atomic E-state index is 12.5. The molecule has 2 aliphatic rings. The Balaban J connectivity index is 1.48. The highest BCUT2D eigenvalue weighted by Gasteiger charge is 2.37. The lowest BCUT2D eigenvalue weighted by atomic mass is 9.86. The summed E-state index contributed by atoms with van der Waals surface area (Å²) in [6, 6.07) is 0. The van der Waals surface area contributed by atoms with Crippen molar-refractivity contribution in [2.45, 2.75) is 38.0 Å². The zero-order valence-electron chi connectivity index (χ0n) is 13.3. The average molecular weight is 315 g/mol. The van der Waals surface area contributed by atoms with Gasteiger partial charge in [0, 0.05) is 26.1 Å². The number of fused-ring (bicyclic) bond motifs is 1. The second-order valence-corrected chi connectivity index (χ2v) is 6.73. The molecule has 3 heterocycles. The number of nitrogens with zero attached hydrogens (tertiary/aromatic N) is 4. The van der Waals surface area contributed by atoms with Crippen LogP contribution in [0.1, 0.15) is 43.8 Å². The van der Waals surface area contributed by atoms with E-state index in [9.17, 15) is 9.59 Å². The summed E-state index contributed by atoms with van der Waals surface area (Å²) in [5, 5.41) is 4.58. The first-order chi connectivity index (χ1) is 11.1. The number of carbonyl (C=O) groups excluding carboxylic acids is 1. The molecule has 0 spiro atoms. The summed E-state index contributed by atoms with van der Waals surface area (Å²) in [7, 11) is 1.78. The van der Waals surface area contributed by atoms with E-state index in [0.717, 1.165) is 12.8 Å². The summed E-state index contributed by atoms with van der Waals surface area (Å²) in [6.45, 7) is 1.31. The van der Waals surface area contributed by atoms with E-state index >= 15 is 0 Å². The van der Waals surface area contributed by atoms with Crippen LogP contribution in [0.25, 0.3) is 11.0 Å². The van der Waals surface area contributed by atoms with Gasteiger partial charge >= 0.3 is 0 Å². The van der Waals surface area contributed by atoms with E-state index in [1.807, 2.05) is 4.90 Å². The lowest BCUT2D eigenvalue weighted by molar-refractivity contribution is -0.141. The third kappa shape index (κ3) is 2.44. The minimum absolute atomic E-state index is 0.120. The molecule has 0 bridgehead atoms. The second kappa shape index (κ2) is 5.47. The third-order valence-corrected chi connectivity index (χ3v) is 5.15. The number of H-pyrrole nitrogens is 1. The van der Waals surface area contributed by atoms with Crippen LogP contribution in [0.2, 0.25) is 0 Å². The smallest absolute Gasteiger partial charge is 0.262 e. The van der Waals surface area contributed by atoms with Crippen LogP contribution in [0, 0.1) is 5.92 Å². The van der Waals surface area contributed by atoms with Crippen molar-refractivity contribution in [3.63, 3.8) is 0 Å².